The summed E-state index contributed by atoms with van der Waals surface area (Å²) in [6.45, 7) is 0.865. The average Bonchev–Trinajstić information content (AvgIpc) is 2.86. The predicted molar refractivity (Wildman–Crippen MR) is 62.6 cm³/mol. The molecule has 0 unspecified atom stereocenters. The van der Waals surface area contributed by atoms with Crippen molar-refractivity contribution in [2.45, 2.75) is 19.4 Å². The summed E-state index contributed by atoms with van der Waals surface area (Å²) in [4.78, 5) is 11.5. The van der Waals surface area contributed by atoms with E-state index >= 15 is 0 Å². The van der Waals surface area contributed by atoms with E-state index in [0.29, 0.717) is 12.2 Å². The maximum atomic E-state index is 11.5. The maximum absolute atomic E-state index is 11.5. The van der Waals surface area contributed by atoms with Crippen molar-refractivity contribution < 1.29 is 4.79 Å². The van der Waals surface area contributed by atoms with Gasteiger partial charge in [-0.05, 0) is 18.1 Å². The molecule has 1 aliphatic carbocycles. The molecule has 3 rings (SSSR count). The first-order chi connectivity index (χ1) is 7.84. The van der Waals surface area contributed by atoms with Gasteiger partial charge in [-0.1, -0.05) is 30.3 Å². The van der Waals surface area contributed by atoms with Crippen molar-refractivity contribution in [1.82, 2.24) is 4.57 Å². The minimum absolute atomic E-state index is 0.293. The quantitative estimate of drug-likeness (QED) is 0.748. The fourth-order valence-corrected chi connectivity index (χ4v) is 2.33. The molecule has 0 bridgehead atoms. The molecule has 2 aromatic rings. The Morgan fingerprint density at radius 2 is 1.88 bits per heavy atom. The first-order valence-corrected chi connectivity index (χ1v) is 5.60. The van der Waals surface area contributed by atoms with Crippen molar-refractivity contribution in [3.63, 3.8) is 0 Å². The van der Waals surface area contributed by atoms with Gasteiger partial charge in [-0.25, -0.2) is 0 Å². The number of rotatable bonds is 2. The highest BCUT2D eigenvalue weighted by atomic mass is 16.1. The van der Waals surface area contributed by atoms with Crippen LogP contribution in [0.2, 0.25) is 0 Å². The summed E-state index contributed by atoms with van der Waals surface area (Å²) in [7, 11) is 0. The third-order valence-electron chi connectivity index (χ3n) is 3.16. The van der Waals surface area contributed by atoms with Gasteiger partial charge in [0.05, 0.1) is 0 Å². The topological polar surface area (TPSA) is 22.0 Å². The van der Waals surface area contributed by atoms with Crippen LogP contribution in [0.4, 0.5) is 0 Å². The molecule has 2 heteroatoms. The molecule has 0 saturated carbocycles. The molecule has 0 atom stereocenters. The largest absolute Gasteiger partial charge is 0.346 e. The zero-order valence-electron chi connectivity index (χ0n) is 9.02. The van der Waals surface area contributed by atoms with Crippen LogP contribution in [0.25, 0.3) is 0 Å². The molecule has 0 amide bonds. The van der Waals surface area contributed by atoms with Crippen molar-refractivity contribution in [3.05, 3.63) is 59.4 Å². The van der Waals surface area contributed by atoms with E-state index < -0.39 is 0 Å². The number of fused-ring (bicyclic) bond motifs is 1. The lowest BCUT2D eigenvalue weighted by Crippen LogP contribution is -2.01. The maximum Gasteiger partial charge on any atom is 0.165 e. The number of carbonyl (C=O) groups is 1. The van der Waals surface area contributed by atoms with Crippen molar-refractivity contribution in [3.8, 4) is 0 Å². The highest BCUT2D eigenvalue weighted by Crippen LogP contribution is 2.23. The van der Waals surface area contributed by atoms with Gasteiger partial charge in [0.1, 0.15) is 0 Å². The number of hydrogen-bond acceptors (Lipinski definition) is 1. The fourth-order valence-electron chi connectivity index (χ4n) is 2.33. The van der Waals surface area contributed by atoms with Crippen LogP contribution in [0.1, 0.15) is 28.0 Å². The van der Waals surface area contributed by atoms with Crippen molar-refractivity contribution in [2.24, 2.45) is 0 Å². The van der Waals surface area contributed by atoms with Gasteiger partial charge in [-0.2, -0.15) is 0 Å². The average molecular weight is 211 g/mol. The highest BCUT2D eigenvalue weighted by Gasteiger charge is 2.22. The molecule has 16 heavy (non-hydrogen) atoms. The Morgan fingerprint density at radius 3 is 2.69 bits per heavy atom. The normalized spacial score (nSPS) is 14.1. The molecule has 0 saturated heterocycles. The Kier molecular flexibility index (Phi) is 2.13. The summed E-state index contributed by atoms with van der Waals surface area (Å²) in [6.07, 6.45) is 3.60. The zero-order valence-corrected chi connectivity index (χ0v) is 9.02. The molecule has 1 aliphatic rings. The smallest absolute Gasteiger partial charge is 0.165 e. The molecule has 2 nitrogen and oxygen atoms in total. The zero-order chi connectivity index (χ0) is 11.0. The van der Waals surface area contributed by atoms with E-state index in [0.717, 1.165) is 18.5 Å². The molecule has 0 fully saturated rings. The van der Waals surface area contributed by atoms with Gasteiger partial charge in [0.15, 0.2) is 5.78 Å². The first kappa shape index (κ1) is 9.40. The summed E-state index contributed by atoms with van der Waals surface area (Å²) < 4.78 is 2.19. The summed E-state index contributed by atoms with van der Waals surface area (Å²) in [6, 6.07) is 12.3. The van der Waals surface area contributed by atoms with Crippen molar-refractivity contribution in [2.75, 3.05) is 0 Å². The molecule has 0 radical (unpaired) electrons. The molecule has 1 aromatic carbocycles. The molecule has 0 spiro atoms. The highest BCUT2D eigenvalue weighted by molar-refractivity contribution is 6.00. The van der Waals surface area contributed by atoms with E-state index in [4.69, 9.17) is 0 Å². The third-order valence-corrected chi connectivity index (χ3v) is 3.16. The predicted octanol–water partition coefficient (Wildman–Crippen LogP) is 2.67. The molecular weight excluding hydrogens is 198 g/mol. The molecule has 0 aliphatic heterocycles. The van der Waals surface area contributed by atoms with Crippen LogP contribution in [0.15, 0.2) is 42.6 Å². The Balaban J connectivity index is 1.92. The van der Waals surface area contributed by atoms with Crippen LogP contribution in [0.5, 0.6) is 0 Å². The minimum Gasteiger partial charge on any atom is -0.346 e. The molecule has 0 N–H and O–H groups in total. The van der Waals surface area contributed by atoms with Crippen molar-refractivity contribution >= 4 is 5.78 Å². The number of hydrogen-bond donors (Lipinski definition) is 0. The van der Waals surface area contributed by atoms with Gasteiger partial charge < -0.3 is 4.57 Å². The second-order valence-corrected chi connectivity index (χ2v) is 4.21. The first-order valence-electron chi connectivity index (χ1n) is 5.60. The van der Waals surface area contributed by atoms with Gasteiger partial charge in [-0.3, -0.25) is 4.79 Å². The lowest BCUT2D eigenvalue weighted by molar-refractivity contribution is 0.0994. The van der Waals surface area contributed by atoms with E-state index in [-0.39, 0.29) is 0 Å². The Labute approximate surface area is 94.5 Å². The van der Waals surface area contributed by atoms with Gasteiger partial charge in [0, 0.05) is 30.4 Å². The van der Waals surface area contributed by atoms with Gasteiger partial charge in [0.2, 0.25) is 0 Å². The van der Waals surface area contributed by atoms with E-state index in [9.17, 15) is 4.79 Å². The van der Waals surface area contributed by atoms with E-state index in [1.807, 2.05) is 30.5 Å². The number of carbonyl (C=O) groups excluding carboxylic acids is 1. The summed E-state index contributed by atoms with van der Waals surface area (Å²) in [5.74, 6) is 0.293. The van der Waals surface area contributed by atoms with Crippen LogP contribution in [-0.4, -0.2) is 10.4 Å². The summed E-state index contributed by atoms with van der Waals surface area (Å²) >= 11 is 0. The SMILES string of the molecule is O=C1CCc2c1ccn2Cc1ccccc1. The number of benzene rings is 1. The monoisotopic (exact) mass is 211 g/mol. The van der Waals surface area contributed by atoms with E-state index in [2.05, 4.69) is 16.7 Å². The lowest BCUT2D eigenvalue weighted by Gasteiger charge is -2.06. The Bertz CT molecular complexity index is 525. The van der Waals surface area contributed by atoms with E-state index in [1.54, 1.807) is 0 Å². The number of ketones is 1. The number of nitrogens with zero attached hydrogens (tertiary/aromatic N) is 1. The Morgan fingerprint density at radius 1 is 1.06 bits per heavy atom. The minimum atomic E-state index is 0.293. The van der Waals surface area contributed by atoms with Crippen molar-refractivity contribution in [1.29, 1.82) is 0 Å². The van der Waals surface area contributed by atoms with Gasteiger partial charge in [0.25, 0.3) is 0 Å². The third kappa shape index (κ3) is 1.47. The number of aromatic nitrogens is 1. The second kappa shape index (κ2) is 3.63. The lowest BCUT2D eigenvalue weighted by atomic mass is 10.2. The van der Waals surface area contributed by atoms with Crippen LogP contribution >= 0.6 is 0 Å². The standard InChI is InChI=1S/C14H13NO/c16-14-7-6-13-12(14)8-9-15(13)10-11-4-2-1-3-5-11/h1-5,8-9H,6-7,10H2. The van der Waals surface area contributed by atoms with Gasteiger partial charge in [-0.15, -0.1) is 0 Å². The molecule has 1 heterocycles. The fraction of sp³-hybridized carbons (Fsp3) is 0.214. The van der Waals surface area contributed by atoms with Crippen LogP contribution < -0.4 is 0 Å². The van der Waals surface area contributed by atoms with Crippen LogP contribution in [-0.2, 0) is 13.0 Å². The van der Waals surface area contributed by atoms with Crippen LogP contribution in [0.3, 0.4) is 0 Å². The molecule has 1 aromatic heterocycles. The van der Waals surface area contributed by atoms with Gasteiger partial charge >= 0.3 is 0 Å². The molecule has 80 valence electrons. The second-order valence-electron chi connectivity index (χ2n) is 4.21. The van der Waals surface area contributed by atoms with Crippen LogP contribution in [0, 0.1) is 0 Å². The summed E-state index contributed by atoms with van der Waals surface area (Å²) in [5.41, 5.74) is 3.41. The molecular formula is C14H13NO. The number of Topliss-reactive ketones (excluding diaryl/α,β-unsaturated/α-hetero) is 1. The Hall–Kier alpha value is -1.83. The van der Waals surface area contributed by atoms with E-state index in [1.165, 1.54) is 11.3 Å². The summed E-state index contributed by atoms with van der Waals surface area (Å²) in [5, 5.41) is 0.